The van der Waals surface area contributed by atoms with Crippen molar-refractivity contribution in [2.45, 2.75) is 49.3 Å². The van der Waals surface area contributed by atoms with Crippen LogP contribution < -0.4 is 10.3 Å². The maximum atomic E-state index is 12.9. The first-order chi connectivity index (χ1) is 12.9. The third-order valence-electron chi connectivity index (χ3n) is 4.90. The highest BCUT2D eigenvalue weighted by Crippen LogP contribution is 2.52. The van der Waals surface area contributed by atoms with Crippen LogP contribution in [0.1, 0.15) is 60.3 Å². The van der Waals surface area contributed by atoms with Gasteiger partial charge < -0.3 is 14.4 Å². The summed E-state index contributed by atoms with van der Waals surface area (Å²) in [7, 11) is 0. The summed E-state index contributed by atoms with van der Waals surface area (Å²) in [5.41, 5.74) is 1.96. The minimum Gasteiger partial charge on any atom is -0.492 e. The lowest BCUT2D eigenvalue weighted by atomic mass is 9.99. The fourth-order valence-corrected chi connectivity index (χ4v) is 4.84. The lowest BCUT2D eigenvalue weighted by Gasteiger charge is -2.29. The number of pyridine rings is 1. The molecule has 1 N–H and O–H groups in total. The molecule has 0 radical (unpaired) electrons. The number of carbonyl (C=O) groups is 1. The second kappa shape index (κ2) is 6.91. The molecule has 1 unspecified atom stereocenters. The van der Waals surface area contributed by atoms with Gasteiger partial charge in [0.25, 0.3) is 5.56 Å². The molecule has 2 aliphatic rings. The molecule has 0 spiro atoms. The van der Waals surface area contributed by atoms with Crippen LogP contribution in [0.3, 0.4) is 0 Å². The Hall–Kier alpha value is -1.92. The van der Waals surface area contributed by atoms with Crippen molar-refractivity contribution in [3.8, 4) is 17.0 Å². The topological polar surface area (TPSA) is 68.5 Å². The van der Waals surface area contributed by atoms with Crippen molar-refractivity contribution in [2.75, 3.05) is 6.61 Å². The molecular weight excluding hydrogens is 386 g/mol. The number of aromatic carboxylic acids is 1. The summed E-state index contributed by atoms with van der Waals surface area (Å²) in [6, 6.07) is 5.38. The molecule has 5 nitrogen and oxygen atoms in total. The number of hydrogen-bond donors (Lipinski definition) is 1. The van der Waals surface area contributed by atoms with Crippen molar-refractivity contribution in [2.24, 2.45) is 0 Å². The van der Waals surface area contributed by atoms with E-state index in [4.69, 9.17) is 16.3 Å². The van der Waals surface area contributed by atoms with E-state index in [0.29, 0.717) is 17.4 Å². The second-order valence-electron chi connectivity index (χ2n) is 6.96. The van der Waals surface area contributed by atoms with Gasteiger partial charge in [-0.2, -0.15) is 0 Å². The van der Waals surface area contributed by atoms with Gasteiger partial charge in [0, 0.05) is 21.8 Å². The molecule has 0 saturated heterocycles. The molecule has 1 aromatic heterocycles. The van der Waals surface area contributed by atoms with E-state index in [1.165, 1.54) is 6.07 Å². The lowest BCUT2D eigenvalue weighted by molar-refractivity contribution is 0.0694. The number of benzene rings is 1. The summed E-state index contributed by atoms with van der Waals surface area (Å²) in [6.45, 7) is 4.65. The zero-order chi connectivity index (χ0) is 19.3. The van der Waals surface area contributed by atoms with Crippen LogP contribution >= 0.6 is 23.4 Å². The van der Waals surface area contributed by atoms with Gasteiger partial charge in [0.1, 0.15) is 11.3 Å². The van der Waals surface area contributed by atoms with Crippen molar-refractivity contribution >= 4 is 29.3 Å². The number of carboxylic acids is 1. The van der Waals surface area contributed by atoms with E-state index in [1.807, 2.05) is 26.0 Å². The molecule has 1 aromatic carbocycles. The molecule has 1 atom stereocenters. The molecule has 1 aliphatic carbocycles. The van der Waals surface area contributed by atoms with Gasteiger partial charge in [-0.25, -0.2) is 4.79 Å². The highest BCUT2D eigenvalue weighted by molar-refractivity contribution is 7.99. The Labute approximate surface area is 166 Å². The Morgan fingerprint density at radius 2 is 2.11 bits per heavy atom. The highest BCUT2D eigenvalue weighted by Gasteiger charge is 2.35. The van der Waals surface area contributed by atoms with Crippen LogP contribution in [-0.2, 0) is 0 Å². The Morgan fingerprint density at radius 1 is 1.37 bits per heavy atom. The summed E-state index contributed by atoms with van der Waals surface area (Å²) >= 11 is 8.08. The first-order valence-electron chi connectivity index (χ1n) is 9.08. The average Bonchev–Trinajstić information content (AvgIpc) is 3.45. The molecule has 142 valence electrons. The van der Waals surface area contributed by atoms with E-state index in [2.05, 4.69) is 0 Å². The number of hydrogen-bond acceptors (Lipinski definition) is 4. The molecule has 0 bridgehead atoms. The Kier molecular flexibility index (Phi) is 4.72. The highest BCUT2D eigenvalue weighted by atomic mass is 35.5. The zero-order valence-corrected chi connectivity index (χ0v) is 16.7. The predicted octanol–water partition coefficient (Wildman–Crippen LogP) is 5.16. The van der Waals surface area contributed by atoms with E-state index in [-0.39, 0.29) is 16.9 Å². The van der Waals surface area contributed by atoms with Gasteiger partial charge in [-0.15, -0.1) is 11.8 Å². The van der Waals surface area contributed by atoms with Gasteiger partial charge in [0.15, 0.2) is 0 Å². The quantitative estimate of drug-likeness (QED) is 0.744. The van der Waals surface area contributed by atoms with E-state index in [0.717, 1.165) is 41.0 Å². The number of thioether (sulfide) groups is 1. The Morgan fingerprint density at radius 3 is 2.74 bits per heavy atom. The second-order valence-corrected chi connectivity index (χ2v) is 8.75. The van der Waals surface area contributed by atoms with Gasteiger partial charge in [0.05, 0.1) is 17.3 Å². The van der Waals surface area contributed by atoms with Crippen molar-refractivity contribution in [3.63, 3.8) is 0 Å². The van der Waals surface area contributed by atoms with Gasteiger partial charge in [-0.1, -0.05) is 18.5 Å². The van der Waals surface area contributed by atoms with E-state index in [1.54, 1.807) is 16.3 Å². The van der Waals surface area contributed by atoms with E-state index < -0.39 is 11.5 Å². The fourth-order valence-electron chi connectivity index (χ4n) is 3.48. The van der Waals surface area contributed by atoms with E-state index >= 15 is 0 Å². The van der Waals surface area contributed by atoms with Gasteiger partial charge >= 0.3 is 5.97 Å². The molecular formula is C20H20ClNO4S. The van der Waals surface area contributed by atoms with Crippen molar-refractivity contribution in [3.05, 3.63) is 44.7 Å². The van der Waals surface area contributed by atoms with Gasteiger partial charge in [-0.3, -0.25) is 4.79 Å². The molecule has 27 heavy (non-hydrogen) atoms. The monoisotopic (exact) mass is 405 g/mol. The Balaban J connectivity index is 1.96. The van der Waals surface area contributed by atoms with Crippen molar-refractivity contribution in [1.29, 1.82) is 0 Å². The predicted molar refractivity (Wildman–Crippen MR) is 106 cm³/mol. The van der Waals surface area contributed by atoms with Crippen LogP contribution in [0.15, 0.2) is 27.9 Å². The standard InChI is InChI=1S/C20H20ClNO4S/c1-3-6-26-16-9-17-13(8-15(16)21)18-12(10(2)27-17)7-14(20(24)25)19(23)22(18)11-4-5-11/h7-11H,3-6H2,1-2H3,(H,24,25). The number of nitrogens with zero attached hydrogens (tertiary/aromatic N) is 1. The number of halogens is 1. The molecule has 1 fully saturated rings. The molecule has 2 heterocycles. The summed E-state index contributed by atoms with van der Waals surface area (Å²) in [6.07, 6.45) is 2.66. The average molecular weight is 406 g/mol. The first-order valence-corrected chi connectivity index (χ1v) is 10.3. The molecule has 1 aliphatic heterocycles. The van der Waals surface area contributed by atoms with Crippen LogP contribution in [0.4, 0.5) is 0 Å². The smallest absolute Gasteiger partial charge is 0.341 e. The van der Waals surface area contributed by atoms with Gasteiger partial charge in [-0.05, 0) is 49.9 Å². The minimum atomic E-state index is -1.18. The van der Waals surface area contributed by atoms with Crippen LogP contribution in [-0.4, -0.2) is 22.2 Å². The summed E-state index contributed by atoms with van der Waals surface area (Å²) in [4.78, 5) is 25.5. The molecule has 0 amide bonds. The number of rotatable bonds is 5. The first kappa shape index (κ1) is 18.4. The van der Waals surface area contributed by atoms with Crippen LogP contribution in [0.5, 0.6) is 5.75 Å². The number of carboxylic acid groups (broad SMARTS) is 1. The molecule has 7 heteroatoms. The maximum Gasteiger partial charge on any atom is 0.341 e. The van der Waals surface area contributed by atoms with Gasteiger partial charge in [0.2, 0.25) is 0 Å². The third-order valence-corrected chi connectivity index (χ3v) is 6.39. The maximum absolute atomic E-state index is 12.9. The number of ether oxygens (including phenoxy) is 1. The number of fused-ring (bicyclic) bond motifs is 3. The third kappa shape index (κ3) is 3.15. The summed E-state index contributed by atoms with van der Waals surface area (Å²) < 4.78 is 7.43. The zero-order valence-electron chi connectivity index (χ0n) is 15.1. The SMILES string of the molecule is CCCOc1cc2c(cc1Cl)-c1c(cc(C(=O)O)c(=O)n1C1CC1)C(C)S2. The largest absolute Gasteiger partial charge is 0.492 e. The fraction of sp³-hybridized carbons (Fsp3) is 0.400. The molecule has 2 aromatic rings. The Bertz CT molecular complexity index is 996. The van der Waals surface area contributed by atoms with Crippen LogP contribution in [0.25, 0.3) is 11.3 Å². The molecule has 1 saturated carbocycles. The van der Waals surface area contributed by atoms with Crippen LogP contribution in [0, 0.1) is 0 Å². The van der Waals surface area contributed by atoms with E-state index in [9.17, 15) is 14.7 Å². The number of aromatic nitrogens is 1. The lowest BCUT2D eigenvalue weighted by Crippen LogP contribution is -2.29. The summed E-state index contributed by atoms with van der Waals surface area (Å²) in [5.74, 6) is -0.538. The molecule has 4 rings (SSSR count). The minimum absolute atomic E-state index is 0.0244. The summed E-state index contributed by atoms with van der Waals surface area (Å²) in [5, 5.41) is 10.0. The van der Waals surface area contributed by atoms with Crippen LogP contribution in [0.2, 0.25) is 5.02 Å². The van der Waals surface area contributed by atoms with Crippen molar-refractivity contribution in [1.82, 2.24) is 4.57 Å². The van der Waals surface area contributed by atoms with Crippen molar-refractivity contribution < 1.29 is 14.6 Å². The normalized spacial score (nSPS) is 18.0.